The molecule has 0 N–H and O–H groups in total. The normalized spacial score (nSPS) is 11.6. The SMILES string of the molecule is c1ccc(-c2ccc3c(c2)c2c4cc5c6ccc(N(c7ccccc7)c7ccccc7)cc6c6ccccc6c5cc4ccc2n3-c2nc(-c3ccccc3)nc(-c3ccccc3)n2)cc1. The van der Waals surface area contributed by atoms with E-state index in [1.165, 1.54) is 43.1 Å². The zero-order valence-electron chi connectivity index (χ0n) is 35.8. The predicted octanol–water partition coefficient (Wildman–Crippen LogP) is 16.1. The van der Waals surface area contributed by atoms with Crippen LogP contribution < -0.4 is 4.90 Å². The first-order chi connectivity index (χ1) is 32.7. The summed E-state index contributed by atoms with van der Waals surface area (Å²) in [4.78, 5) is 17.9. The van der Waals surface area contributed by atoms with Crippen LogP contribution in [-0.4, -0.2) is 19.5 Å². The highest BCUT2D eigenvalue weighted by Crippen LogP contribution is 2.45. The number of benzene rings is 11. The third-order valence-electron chi connectivity index (χ3n) is 13.0. The lowest BCUT2D eigenvalue weighted by Gasteiger charge is -2.26. The van der Waals surface area contributed by atoms with Crippen molar-refractivity contribution in [3.05, 3.63) is 237 Å². The summed E-state index contributed by atoms with van der Waals surface area (Å²) < 4.78 is 2.23. The van der Waals surface area contributed by atoms with E-state index in [9.17, 15) is 0 Å². The zero-order chi connectivity index (χ0) is 43.6. The van der Waals surface area contributed by atoms with Gasteiger partial charge >= 0.3 is 0 Å². The Morgan fingerprint density at radius 2 is 0.788 bits per heavy atom. The summed E-state index contributed by atoms with van der Waals surface area (Å²) in [6.07, 6.45) is 0. The molecule has 0 amide bonds. The van der Waals surface area contributed by atoms with Gasteiger partial charge in [-0.2, -0.15) is 9.97 Å². The first-order valence-corrected chi connectivity index (χ1v) is 22.4. The van der Waals surface area contributed by atoms with Gasteiger partial charge in [0, 0.05) is 39.0 Å². The largest absolute Gasteiger partial charge is 0.310 e. The van der Waals surface area contributed by atoms with Crippen molar-refractivity contribution in [3.8, 4) is 39.9 Å². The molecular weight excluding hydrogens is 803 g/mol. The molecule has 0 aliphatic carbocycles. The predicted molar refractivity (Wildman–Crippen MR) is 275 cm³/mol. The molecule has 0 aliphatic rings. The lowest BCUT2D eigenvalue weighted by molar-refractivity contribution is 0.953. The minimum absolute atomic E-state index is 0.570. The molecule has 11 aromatic carbocycles. The van der Waals surface area contributed by atoms with Crippen LogP contribution >= 0.6 is 0 Å². The lowest BCUT2D eigenvalue weighted by Crippen LogP contribution is -2.09. The van der Waals surface area contributed by atoms with Gasteiger partial charge in [0.15, 0.2) is 11.6 Å². The van der Waals surface area contributed by atoms with E-state index in [2.05, 4.69) is 210 Å². The topological polar surface area (TPSA) is 46.8 Å². The van der Waals surface area contributed by atoms with Gasteiger partial charge in [0.25, 0.3) is 0 Å². The van der Waals surface area contributed by atoms with Crippen molar-refractivity contribution in [1.82, 2.24) is 19.5 Å². The van der Waals surface area contributed by atoms with Crippen molar-refractivity contribution in [2.45, 2.75) is 0 Å². The minimum atomic E-state index is 0.570. The Balaban J connectivity index is 1.11. The second-order valence-corrected chi connectivity index (χ2v) is 16.8. The van der Waals surface area contributed by atoms with Gasteiger partial charge in [-0.25, -0.2) is 4.98 Å². The molecular formula is C61H39N5. The van der Waals surface area contributed by atoms with Gasteiger partial charge in [0.2, 0.25) is 5.95 Å². The van der Waals surface area contributed by atoms with E-state index < -0.39 is 0 Å². The maximum Gasteiger partial charge on any atom is 0.238 e. The molecule has 308 valence electrons. The molecule has 0 fully saturated rings. The van der Waals surface area contributed by atoms with Crippen LogP contribution in [0.5, 0.6) is 0 Å². The number of hydrogen-bond donors (Lipinski definition) is 0. The highest BCUT2D eigenvalue weighted by molar-refractivity contribution is 6.31. The summed E-state index contributed by atoms with van der Waals surface area (Å²) in [5, 5.41) is 11.9. The molecule has 0 radical (unpaired) electrons. The Kier molecular flexibility index (Phi) is 8.78. The molecule has 2 heterocycles. The highest BCUT2D eigenvalue weighted by Gasteiger charge is 2.22. The maximum absolute atomic E-state index is 5.26. The van der Waals surface area contributed by atoms with E-state index in [0.29, 0.717) is 17.6 Å². The Labute approximate surface area is 381 Å². The van der Waals surface area contributed by atoms with Crippen molar-refractivity contribution in [3.63, 3.8) is 0 Å². The summed E-state index contributed by atoms with van der Waals surface area (Å²) in [5.41, 5.74) is 9.55. The van der Waals surface area contributed by atoms with E-state index in [4.69, 9.17) is 15.0 Å². The zero-order valence-corrected chi connectivity index (χ0v) is 35.8. The molecule has 0 saturated carbocycles. The monoisotopic (exact) mass is 841 g/mol. The molecule has 5 heteroatoms. The van der Waals surface area contributed by atoms with E-state index >= 15 is 0 Å². The van der Waals surface area contributed by atoms with Crippen LogP contribution in [0.3, 0.4) is 0 Å². The smallest absolute Gasteiger partial charge is 0.238 e. The van der Waals surface area contributed by atoms with Crippen molar-refractivity contribution >= 4 is 82.0 Å². The molecule has 66 heavy (non-hydrogen) atoms. The quantitative estimate of drug-likeness (QED) is 0.118. The van der Waals surface area contributed by atoms with E-state index in [1.807, 2.05) is 36.4 Å². The Morgan fingerprint density at radius 1 is 0.288 bits per heavy atom. The first kappa shape index (κ1) is 37.6. The fourth-order valence-electron chi connectivity index (χ4n) is 9.94. The summed E-state index contributed by atoms with van der Waals surface area (Å²) in [6, 6.07) is 84.2. The highest BCUT2D eigenvalue weighted by atomic mass is 15.2. The third-order valence-corrected chi connectivity index (χ3v) is 13.0. The van der Waals surface area contributed by atoms with Crippen LogP contribution in [-0.2, 0) is 0 Å². The van der Waals surface area contributed by atoms with Crippen LogP contribution in [0.25, 0.3) is 105 Å². The molecule has 0 aliphatic heterocycles. The molecule has 0 atom stereocenters. The number of rotatable bonds is 7. The van der Waals surface area contributed by atoms with Crippen LogP contribution in [0.15, 0.2) is 237 Å². The second-order valence-electron chi connectivity index (χ2n) is 16.8. The maximum atomic E-state index is 5.26. The average molecular weight is 842 g/mol. The molecule has 0 spiro atoms. The molecule has 0 unspecified atom stereocenters. The van der Waals surface area contributed by atoms with Gasteiger partial charge in [0.1, 0.15) is 0 Å². The van der Waals surface area contributed by atoms with E-state index in [0.717, 1.165) is 61.1 Å². The van der Waals surface area contributed by atoms with Gasteiger partial charge < -0.3 is 4.90 Å². The van der Waals surface area contributed by atoms with Crippen molar-refractivity contribution < 1.29 is 0 Å². The minimum Gasteiger partial charge on any atom is -0.310 e. The standard InChI is InChI=1S/C61H39N5/c1-6-18-40(19-7-1)43-30-34-56-55(36-43)58-51-39-54-50-33-32-47(65(45-24-12-4-13-25-45)46-26-14-5-15-27-46)38-53(50)49-29-17-16-28-48(49)52(54)37-44(51)31-35-57(58)66(56)61-63-59(41-20-8-2-9-21-41)62-60(64-61)42-22-10-3-11-23-42/h1-39H. The summed E-state index contributed by atoms with van der Waals surface area (Å²) >= 11 is 0. The average Bonchev–Trinajstić information content (AvgIpc) is 3.74. The molecule has 2 aromatic heterocycles. The van der Waals surface area contributed by atoms with Gasteiger partial charge in [-0.15, -0.1) is 0 Å². The number of para-hydroxylation sites is 2. The molecule has 13 aromatic rings. The second kappa shape index (κ2) is 15.4. The number of hydrogen-bond acceptors (Lipinski definition) is 4. The van der Waals surface area contributed by atoms with Gasteiger partial charge in [-0.1, -0.05) is 170 Å². The molecule has 0 bridgehead atoms. The van der Waals surface area contributed by atoms with Crippen LogP contribution in [0, 0.1) is 0 Å². The molecule has 13 rings (SSSR count). The van der Waals surface area contributed by atoms with Gasteiger partial charge in [-0.3, -0.25) is 4.57 Å². The van der Waals surface area contributed by atoms with E-state index in [1.54, 1.807) is 0 Å². The number of fused-ring (bicyclic) bond motifs is 11. The molecule has 0 saturated heterocycles. The Morgan fingerprint density at radius 3 is 1.39 bits per heavy atom. The van der Waals surface area contributed by atoms with E-state index in [-0.39, 0.29) is 0 Å². The first-order valence-electron chi connectivity index (χ1n) is 22.4. The fraction of sp³-hybridized carbons (Fsp3) is 0. The Hall–Kier alpha value is -8.93. The third kappa shape index (κ3) is 6.21. The number of nitrogens with zero attached hydrogens (tertiary/aromatic N) is 5. The van der Waals surface area contributed by atoms with Gasteiger partial charge in [-0.05, 0) is 121 Å². The van der Waals surface area contributed by atoms with Crippen LogP contribution in [0.1, 0.15) is 0 Å². The van der Waals surface area contributed by atoms with Crippen molar-refractivity contribution in [1.29, 1.82) is 0 Å². The summed E-state index contributed by atoms with van der Waals surface area (Å²) in [7, 11) is 0. The fourth-order valence-corrected chi connectivity index (χ4v) is 9.94. The lowest BCUT2D eigenvalue weighted by atomic mass is 9.91. The van der Waals surface area contributed by atoms with Crippen molar-refractivity contribution in [2.24, 2.45) is 0 Å². The number of aromatic nitrogens is 4. The van der Waals surface area contributed by atoms with Gasteiger partial charge in [0.05, 0.1) is 11.0 Å². The summed E-state index contributed by atoms with van der Waals surface area (Å²) in [5.74, 6) is 1.82. The van der Waals surface area contributed by atoms with Crippen molar-refractivity contribution in [2.75, 3.05) is 4.90 Å². The van der Waals surface area contributed by atoms with Crippen LogP contribution in [0.2, 0.25) is 0 Å². The molecule has 5 nitrogen and oxygen atoms in total. The summed E-state index contributed by atoms with van der Waals surface area (Å²) in [6.45, 7) is 0. The Bertz CT molecular complexity index is 3870. The van der Waals surface area contributed by atoms with Crippen LogP contribution in [0.4, 0.5) is 17.1 Å². The number of anilines is 3.